The second-order valence-corrected chi connectivity index (χ2v) is 14.0. The molecular formula is C35H60. The van der Waals surface area contributed by atoms with E-state index in [1.54, 1.807) is 0 Å². The van der Waals surface area contributed by atoms with Crippen molar-refractivity contribution >= 4 is 0 Å². The SMILES string of the molecule is C=C(C)C.C=C1C=C2C[C@@H](CCCCCCCCCC)C3C(CC[C@@]4(C)C3CC[C@@H]4C)[C@@]2(C)CC1. The molecule has 0 aromatic heterocycles. The summed E-state index contributed by atoms with van der Waals surface area (Å²) in [6.07, 6.45) is 25.7. The Labute approximate surface area is 220 Å². The molecule has 35 heavy (non-hydrogen) atoms. The zero-order valence-electron chi connectivity index (χ0n) is 24.7. The van der Waals surface area contributed by atoms with Crippen molar-refractivity contribution in [1.29, 1.82) is 0 Å². The van der Waals surface area contributed by atoms with E-state index in [9.17, 15) is 0 Å². The lowest BCUT2D eigenvalue weighted by atomic mass is 9.44. The van der Waals surface area contributed by atoms with E-state index in [-0.39, 0.29) is 0 Å². The molecule has 0 nitrogen and oxygen atoms in total. The molecule has 0 radical (unpaired) electrons. The summed E-state index contributed by atoms with van der Waals surface area (Å²) in [7, 11) is 0. The maximum absolute atomic E-state index is 4.38. The summed E-state index contributed by atoms with van der Waals surface area (Å²) in [5, 5.41) is 0. The van der Waals surface area contributed by atoms with Crippen molar-refractivity contribution in [3.8, 4) is 0 Å². The number of unbranched alkanes of at least 4 members (excludes halogenated alkanes) is 7. The van der Waals surface area contributed by atoms with Gasteiger partial charge in [0.1, 0.15) is 0 Å². The minimum atomic E-state index is 0.481. The molecule has 0 heterocycles. The normalized spacial score (nSPS) is 37.9. The Morgan fingerprint density at radius 2 is 1.54 bits per heavy atom. The monoisotopic (exact) mass is 480 g/mol. The van der Waals surface area contributed by atoms with E-state index in [1.807, 2.05) is 19.4 Å². The van der Waals surface area contributed by atoms with Crippen LogP contribution >= 0.6 is 0 Å². The van der Waals surface area contributed by atoms with Gasteiger partial charge in [0, 0.05) is 0 Å². The van der Waals surface area contributed by atoms with Gasteiger partial charge in [-0.1, -0.05) is 108 Å². The summed E-state index contributed by atoms with van der Waals surface area (Å²) in [5.41, 5.74) is 5.50. The van der Waals surface area contributed by atoms with Crippen molar-refractivity contribution in [1.82, 2.24) is 0 Å². The molecule has 4 rings (SSSR count). The second-order valence-electron chi connectivity index (χ2n) is 14.0. The zero-order chi connectivity index (χ0) is 25.6. The lowest BCUT2D eigenvalue weighted by molar-refractivity contribution is -0.0775. The molecule has 0 aliphatic heterocycles. The molecule has 0 saturated heterocycles. The van der Waals surface area contributed by atoms with Gasteiger partial charge < -0.3 is 0 Å². The predicted octanol–water partition coefficient (Wildman–Crippen LogP) is 11.5. The zero-order valence-corrected chi connectivity index (χ0v) is 24.7. The van der Waals surface area contributed by atoms with Crippen LogP contribution in [0.25, 0.3) is 0 Å². The predicted molar refractivity (Wildman–Crippen MR) is 157 cm³/mol. The van der Waals surface area contributed by atoms with Gasteiger partial charge in [0.15, 0.2) is 0 Å². The molecule has 0 heteroatoms. The lowest BCUT2D eigenvalue weighted by Gasteiger charge is -2.61. The lowest BCUT2D eigenvalue weighted by Crippen LogP contribution is -2.53. The number of allylic oxidation sites excluding steroid dienone is 4. The van der Waals surface area contributed by atoms with Gasteiger partial charge in [0.25, 0.3) is 0 Å². The Balaban J connectivity index is 0.000000795. The molecule has 0 aromatic carbocycles. The number of hydrogen-bond acceptors (Lipinski definition) is 0. The standard InChI is InChI=1S/C31H52.C4H8/c1-6-7-8-9-10-11-12-13-14-25-22-26-21-23(2)17-19-31(26,5)28-18-20-30(4)24(3)15-16-27(30)29(25)28;1-4(2)3/h21,24-25,27-29H,2,6-20,22H2,1,3-5H3;1H2,2-3H3/t24-,25+,27?,28?,29?,30+,31-;/m0./s1. The molecule has 3 fully saturated rings. The van der Waals surface area contributed by atoms with Gasteiger partial charge in [-0.25, -0.2) is 0 Å². The summed E-state index contributed by atoms with van der Waals surface area (Å²) in [4.78, 5) is 0. The van der Waals surface area contributed by atoms with Crippen molar-refractivity contribution in [2.75, 3.05) is 0 Å². The summed E-state index contributed by atoms with van der Waals surface area (Å²) >= 11 is 0. The topological polar surface area (TPSA) is 0 Å². The van der Waals surface area contributed by atoms with Crippen LogP contribution in [0.15, 0.2) is 36.0 Å². The van der Waals surface area contributed by atoms with Crippen LogP contribution < -0.4 is 0 Å². The summed E-state index contributed by atoms with van der Waals surface area (Å²) in [5.74, 6) is 4.84. The Bertz CT molecular complexity index is 735. The second kappa shape index (κ2) is 12.6. The average Bonchev–Trinajstić information content (AvgIpc) is 3.10. The molecule has 0 spiro atoms. The highest BCUT2D eigenvalue weighted by Crippen LogP contribution is 2.68. The maximum Gasteiger partial charge on any atom is -0.00788 e. The summed E-state index contributed by atoms with van der Waals surface area (Å²) < 4.78 is 0. The molecule has 0 amide bonds. The van der Waals surface area contributed by atoms with Crippen LogP contribution in [0.5, 0.6) is 0 Å². The highest BCUT2D eigenvalue weighted by Gasteiger charge is 2.60. The van der Waals surface area contributed by atoms with Gasteiger partial charge in [-0.3, -0.25) is 0 Å². The first-order chi connectivity index (χ1) is 16.6. The highest BCUT2D eigenvalue weighted by atomic mass is 14.6. The van der Waals surface area contributed by atoms with Crippen molar-refractivity contribution in [2.24, 2.45) is 40.4 Å². The van der Waals surface area contributed by atoms with Crippen LogP contribution in [0.4, 0.5) is 0 Å². The van der Waals surface area contributed by atoms with Gasteiger partial charge in [-0.05, 0) is 106 Å². The minimum Gasteiger partial charge on any atom is -0.100 e. The van der Waals surface area contributed by atoms with E-state index in [4.69, 9.17) is 0 Å². The van der Waals surface area contributed by atoms with Crippen molar-refractivity contribution in [3.05, 3.63) is 36.0 Å². The molecule has 0 bridgehead atoms. The molecule has 200 valence electrons. The summed E-state index contributed by atoms with van der Waals surface area (Å²) in [6, 6.07) is 0. The fraction of sp³-hybridized carbons (Fsp3) is 0.829. The smallest absolute Gasteiger partial charge is 0.00788 e. The quantitative estimate of drug-likeness (QED) is 0.227. The van der Waals surface area contributed by atoms with E-state index in [0.29, 0.717) is 10.8 Å². The third-order valence-electron chi connectivity index (χ3n) is 11.2. The Hall–Kier alpha value is -0.780. The number of hydrogen-bond donors (Lipinski definition) is 0. The van der Waals surface area contributed by atoms with E-state index < -0.39 is 0 Å². The Morgan fingerprint density at radius 1 is 0.914 bits per heavy atom. The van der Waals surface area contributed by atoms with Crippen LogP contribution in [0.2, 0.25) is 0 Å². The first kappa shape index (κ1) is 28.8. The molecule has 4 aliphatic carbocycles. The molecule has 3 unspecified atom stereocenters. The average molecular weight is 481 g/mol. The van der Waals surface area contributed by atoms with Crippen molar-refractivity contribution in [3.63, 3.8) is 0 Å². The van der Waals surface area contributed by atoms with Crippen molar-refractivity contribution < 1.29 is 0 Å². The third kappa shape index (κ3) is 6.57. The fourth-order valence-electron chi connectivity index (χ4n) is 8.89. The number of rotatable bonds is 9. The molecule has 7 atom stereocenters. The van der Waals surface area contributed by atoms with E-state index >= 15 is 0 Å². The van der Waals surface area contributed by atoms with Gasteiger partial charge in [0.05, 0.1) is 0 Å². The Kier molecular flexibility index (Phi) is 10.4. The van der Waals surface area contributed by atoms with E-state index in [1.165, 1.54) is 114 Å². The number of fused-ring (bicyclic) bond motifs is 5. The van der Waals surface area contributed by atoms with Gasteiger partial charge in [-0.2, -0.15) is 0 Å². The first-order valence-corrected chi connectivity index (χ1v) is 15.6. The fourth-order valence-corrected chi connectivity index (χ4v) is 8.89. The highest BCUT2D eigenvalue weighted by molar-refractivity contribution is 5.34. The van der Waals surface area contributed by atoms with Gasteiger partial charge >= 0.3 is 0 Å². The van der Waals surface area contributed by atoms with E-state index in [2.05, 4.69) is 46.9 Å². The van der Waals surface area contributed by atoms with Crippen LogP contribution in [0, 0.1) is 40.4 Å². The molecule has 4 aliphatic rings. The molecular weight excluding hydrogens is 420 g/mol. The van der Waals surface area contributed by atoms with Crippen LogP contribution in [0.1, 0.15) is 144 Å². The molecule has 0 aromatic rings. The van der Waals surface area contributed by atoms with Gasteiger partial charge in [-0.15, -0.1) is 6.58 Å². The van der Waals surface area contributed by atoms with Crippen molar-refractivity contribution in [2.45, 2.75) is 144 Å². The maximum atomic E-state index is 4.38. The first-order valence-electron chi connectivity index (χ1n) is 15.6. The molecule has 0 N–H and O–H groups in total. The molecule has 3 saturated carbocycles. The largest absolute Gasteiger partial charge is 0.100 e. The minimum absolute atomic E-state index is 0.481. The van der Waals surface area contributed by atoms with Gasteiger partial charge in [0.2, 0.25) is 0 Å². The van der Waals surface area contributed by atoms with Crippen LogP contribution in [-0.4, -0.2) is 0 Å². The Morgan fingerprint density at radius 3 is 2.20 bits per heavy atom. The van der Waals surface area contributed by atoms with Crippen LogP contribution in [-0.2, 0) is 0 Å². The van der Waals surface area contributed by atoms with Crippen LogP contribution in [0.3, 0.4) is 0 Å². The summed E-state index contributed by atoms with van der Waals surface area (Å²) in [6.45, 7) is 22.1. The third-order valence-corrected chi connectivity index (χ3v) is 11.2. The van der Waals surface area contributed by atoms with E-state index in [0.717, 1.165) is 29.6 Å².